The van der Waals surface area contributed by atoms with Crippen molar-refractivity contribution in [3.05, 3.63) is 58.7 Å². The molecule has 0 aromatic heterocycles. The molecular formula is C16H13F3N2O3. The molecule has 1 amide bonds. The molecule has 2 aromatic rings. The van der Waals surface area contributed by atoms with E-state index >= 15 is 0 Å². The highest BCUT2D eigenvalue weighted by Gasteiger charge is 2.34. The zero-order valence-electron chi connectivity index (χ0n) is 12.4. The van der Waals surface area contributed by atoms with Gasteiger partial charge in [0, 0.05) is 5.56 Å². The van der Waals surface area contributed by atoms with Crippen LogP contribution in [0.15, 0.2) is 41.5 Å². The molecule has 0 unspecified atom stereocenters. The van der Waals surface area contributed by atoms with Crippen LogP contribution in [0.5, 0.6) is 11.5 Å². The third-order valence-electron chi connectivity index (χ3n) is 3.14. The number of hydrogen-bond donors (Lipinski definition) is 3. The van der Waals surface area contributed by atoms with Crippen LogP contribution in [0.25, 0.3) is 0 Å². The van der Waals surface area contributed by atoms with Crippen LogP contribution in [0.4, 0.5) is 13.2 Å². The molecule has 0 atom stereocenters. The summed E-state index contributed by atoms with van der Waals surface area (Å²) in [5.74, 6) is -1.97. The molecule has 0 spiro atoms. The van der Waals surface area contributed by atoms with E-state index in [1.54, 1.807) is 13.0 Å². The van der Waals surface area contributed by atoms with Crippen molar-refractivity contribution in [3.63, 3.8) is 0 Å². The number of phenolic OH excluding ortho intramolecular Hbond substituents is 2. The summed E-state index contributed by atoms with van der Waals surface area (Å²) in [7, 11) is 0. The van der Waals surface area contributed by atoms with Crippen LogP contribution < -0.4 is 5.43 Å². The van der Waals surface area contributed by atoms with E-state index in [4.69, 9.17) is 0 Å². The molecule has 3 N–H and O–H groups in total. The second-order valence-corrected chi connectivity index (χ2v) is 4.96. The molecule has 2 aromatic carbocycles. The molecule has 24 heavy (non-hydrogen) atoms. The second-order valence-electron chi connectivity index (χ2n) is 4.96. The summed E-state index contributed by atoms with van der Waals surface area (Å²) in [6.45, 7) is 1.73. The van der Waals surface area contributed by atoms with Gasteiger partial charge in [0.05, 0.1) is 17.3 Å². The number of hydrazone groups is 1. The molecule has 2 rings (SSSR count). The highest BCUT2D eigenvalue weighted by molar-refractivity contribution is 5.97. The van der Waals surface area contributed by atoms with Gasteiger partial charge in [0.1, 0.15) is 11.5 Å². The Labute approximate surface area is 135 Å². The van der Waals surface area contributed by atoms with Gasteiger partial charge in [-0.2, -0.15) is 18.3 Å². The third kappa shape index (κ3) is 3.83. The van der Waals surface area contributed by atoms with E-state index in [0.717, 1.165) is 23.9 Å². The van der Waals surface area contributed by atoms with Gasteiger partial charge in [-0.25, -0.2) is 5.43 Å². The first kappa shape index (κ1) is 17.3. The molecule has 0 radical (unpaired) electrons. The Hall–Kier alpha value is -3.03. The monoisotopic (exact) mass is 338 g/mol. The molecule has 0 aliphatic carbocycles. The summed E-state index contributed by atoms with van der Waals surface area (Å²) in [5.41, 5.74) is 1.38. The molecule has 0 saturated heterocycles. The average molecular weight is 338 g/mol. The summed E-state index contributed by atoms with van der Waals surface area (Å²) in [6.07, 6.45) is -3.82. The Bertz CT molecular complexity index is 802. The Morgan fingerprint density at radius 2 is 1.92 bits per heavy atom. The molecule has 0 bridgehead atoms. The van der Waals surface area contributed by atoms with E-state index in [0.29, 0.717) is 0 Å². The van der Waals surface area contributed by atoms with Crippen molar-refractivity contribution in [2.45, 2.75) is 13.1 Å². The van der Waals surface area contributed by atoms with Crippen LogP contribution in [-0.2, 0) is 6.18 Å². The minimum absolute atomic E-state index is 0.0361. The maximum atomic E-state index is 12.7. The van der Waals surface area contributed by atoms with Gasteiger partial charge in [0.15, 0.2) is 0 Å². The Balaban J connectivity index is 2.16. The molecule has 0 saturated carbocycles. The predicted molar refractivity (Wildman–Crippen MR) is 81.0 cm³/mol. The lowest BCUT2D eigenvalue weighted by molar-refractivity contribution is -0.138. The maximum Gasteiger partial charge on any atom is 0.419 e. The summed E-state index contributed by atoms with van der Waals surface area (Å²) < 4.78 is 38.0. The van der Waals surface area contributed by atoms with Gasteiger partial charge in [0.2, 0.25) is 0 Å². The van der Waals surface area contributed by atoms with Crippen molar-refractivity contribution in [2.75, 3.05) is 0 Å². The number of phenols is 2. The van der Waals surface area contributed by atoms with Crippen LogP contribution >= 0.6 is 0 Å². The summed E-state index contributed by atoms with van der Waals surface area (Å²) >= 11 is 0. The first-order valence-electron chi connectivity index (χ1n) is 6.72. The van der Waals surface area contributed by atoms with Crippen molar-refractivity contribution in [3.8, 4) is 11.5 Å². The van der Waals surface area contributed by atoms with E-state index in [1.165, 1.54) is 18.2 Å². The number of hydrogen-bond acceptors (Lipinski definition) is 4. The zero-order valence-corrected chi connectivity index (χ0v) is 12.4. The lowest BCUT2D eigenvalue weighted by atomic mass is 10.1. The second kappa shape index (κ2) is 6.61. The fraction of sp³-hybridized carbons (Fsp3) is 0.125. The lowest BCUT2D eigenvalue weighted by Crippen LogP contribution is -2.17. The topological polar surface area (TPSA) is 81.9 Å². The van der Waals surface area contributed by atoms with Crippen molar-refractivity contribution < 1.29 is 28.2 Å². The first-order chi connectivity index (χ1) is 11.2. The fourth-order valence-corrected chi connectivity index (χ4v) is 1.95. The molecule has 5 nitrogen and oxygen atoms in total. The fourth-order valence-electron chi connectivity index (χ4n) is 1.95. The number of aromatic hydroxyl groups is 2. The van der Waals surface area contributed by atoms with Gasteiger partial charge in [-0.1, -0.05) is 12.1 Å². The number of nitrogens with zero attached hydrogens (tertiary/aromatic N) is 1. The number of benzene rings is 2. The largest absolute Gasteiger partial charge is 0.507 e. The Morgan fingerprint density at radius 3 is 2.54 bits per heavy atom. The predicted octanol–water partition coefficient (Wildman–Crippen LogP) is 3.19. The van der Waals surface area contributed by atoms with Gasteiger partial charge >= 0.3 is 6.18 Å². The van der Waals surface area contributed by atoms with Gasteiger partial charge in [-0.3, -0.25) is 4.79 Å². The van der Waals surface area contributed by atoms with E-state index < -0.39 is 23.4 Å². The standard InChI is InChI=1S/C16H13F3N2O3/c1-9-5-6-11(13(22)7-9)15(24)21-20-8-10-3-2-4-12(14(10)23)16(17,18)19/h2-8,22-23H,1H3,(H,21,24). The van der Waals surface area contributed by atoms with Gasteiger partial charge in [0.25, 0.3) is 5.91 Å². The van der Waals surface area contributed by atoms with Crippen LogP contribution in [0.3, 0.4) is 0 Å². The van der Waals surface area contributed by atoms with Crippen LogP contribution in [0, 0.1) is 6.92 Å². The van der Waals surface area contributed by atoms with Gasteiger partial charge < -0.3 is 10.2 Å². The molecule has 126 valence electrons. The SMILES string of the molecule is Cc1ccc(C(=O)NN=Cc2cccc(C(F)(F)F)c2O)c(O)c1. The normalized spacial score (nSPS) is 11.7. The van der Waals surface area contributed by atoms with Crippen molar-refractivity contribution in [1.29, 1.82) is 0 Å². The minimum Gasteiger partial charge on any atom is -0.507 e. The number of alkyl halides is 3. The molecule has 0 aliphatic heterocycles. The zero-order chi connectivity index (χ0) is 17.9. The summed E-state index contributed by atoms with van der Waals surface area (Å²) in [4.78, 5) is 11.9. The van der Waals surface area contributed by atoms with Crippen LogP contribution in [-0.4, -0.2) is 22.3 Å². The van der Waals surface area contributed by atoms with Crippen molar-refractivity contribution in [2.24, 2.45) is 5.10 Å². The number of carbonyl (C=O) groups is 1. The Morgan fingerprint density at radius 1 is 1.21 bits per heavy atom. The van der Waals surface area contributed by atoms with Crippen LogP contribution in [0.2, 0.25) is 0 Å². The first-order valence-corrected chi connectivity index (χ1v) is 6.72. The molecule has 0 heterocycles. The highest BCUT2D eigenvalue weighted by atomic mass is 19.4. The minimum atomic E-state index is -4.70. The number of nitrogens with one attached hydrogen (secondary N) is 1. The number of para-hydroxylation sites is 1. The smallest absolute Gasteiger partial charge is 0.419 e. The third-order valence-corrected chi connectivity index (χ3v) is 3.14. The van der Waals surface area contributed by atoms with E-state index in [-0.39, 0.29) is 16.9 Å². The number of amides is 1. The summed E-state index contributed by atoms with van der Waals surface area (Å²) in [6, 6.07) is 7.43. The lowest BCUT2D eigenvalue weighted by Gasteiger charge is -2.10. The summed E-state index contributed by atoms with van der Waals surface area (Å²) in [5, 5.41) is 22.8. The quantitative estimate of drug-likeness (QED) is 0.594. The maximum absolute atomic E-state index is 12.7. The number of carbonyl (C=O) groups excluding carboxylic acids is 1. The van der Waals surface area contributed by atoms with Gasteiger partial charge in [-0.15, -0.1) is 0 Å². The average Bonchev–Trinajstić information content (AvgIpc) is 2.47. The number of halogens is 3. The molecule has 8 heteroatoms. The molecular weight excluding hydrogens is 325 g/mol. The van der Waals surface area contributed by atoms with E-state index in [2.05, 4.69) is 10.5 Å². The van der Waals surface area contributed by atoms with Crippen molar-refractivity contribution >= 4 is 12.1 Å². The molecule has 0 fully saturated rings. The van der Waals surface area contributed by atoms with Crippen molar-refractivity contribution in [1.82, 2.24) is 5.43 Å². The highest BCUT2D eigenvalue weighted by Crippen LogP contribution is 2.36. The Kier molecular flexibility index (Phi) is 4.77. The molecule has 0 aliphatic rings. The van der Waals surface area contributed by atoms with E-state index in [9.17, 15) is 28.2 Å². The number of aryl methyl sites for hydroxylation is 1. The number of rotatable bonds is 3. The van der Waals surface area contributed by atoms with Gasteiger partial charge in [-0.05, 0) is 36.8 Å². The van der Waals surface area contributed by atoms with E-state index in [1.807, 2.05) is 0 Å². The van der Waals surface area contributed by atoms with Crippen LogP contribution in [0.1, 0.15) is 27.0 Å².